The largest absolute Gasteiger partial charge is 0.480 e. The molecule has 2 rings (SSSR count). The van der Waals surface area contributed by atoms with Crippen LogP contribution in [0.15, 0.2) is 24.3 Å². The van der Waals surface area contributed by atoms with Crippen molar-refractivity contribution in [2.45, 2.75) is 45.3 Å². The number of para-hydroxylation sites is 1. The Balaban J connectivity index is 2.02. The zero-order chi connectivity index (χ0) is 19.2. The van der Waals surface area contributed by atoms with Crippen LogP contribution >= 0.6 is 0 Å². The highest BCUT2D eigenvalue weighted by Crippen LogP contribution is 2.27. The van der Waals surface area contributed by atoms with Gasteiger partial charge in [0.2, 0.25) is 10.0 Å². The van der Waals surface area contributed by atoms with E-state index in [1.54, 1.807) is 13.0 Å². The Morgan fingerprint density at radius 1 is 1.31 bits per heavy atom. The van der Waals surface area contributed by atoms with Gasteiger partial charge in [0, 0.05) is 0 Å². The van der Waals surface area contributed by atoms with Crippen LogP contribution in [0.2, 0.25) is 0 Å². The van der Waals surface area contributed by atoms with E-state index >= 15 is 0 Å². The van der Waals surface area contributed by atoms with Gasteiger partial charge < -0.3 is 14.2 Å². The second-order valence-electron chi connectivity index (χ2n) is 6.52. The van der Waals surface area contributed by atoms with Gasteiger partial charge in [-0.3, -0.25) is 4.79 Å². The van der Waals surface area contributed by atoms with Crippen LogP contribution in [0.4, 0.5) is 0 Å². The highest BCUT2D eigenvalue weighted by Gasteiger charge is 2.28. The summed E-state index contributed by atoms with van der Waals surface area (Å²) < 4.78 is 42.9. The van der Waals surface area contributed by atoms with Crippen LogP contribution in [0.3, 0.4) is 0 Å². The predicted molar refractivity (Wildman–Crippen MR) is 97.7 cm³/mol. The number of amides is 1. The molecule has 0 bridgehead atoms. The molecular weight excluding hydrogens is 358 g/mol. The van der Waals surface area contributed by atoms with Gasteiger partial charge in [-0.15, -0.1) is 0 Å². The van der Waals surface area contributed by atoms with E-state index in [4.69, 9.17) is 14.2 Å². The maximum Gasteiger partial charge on any atom is 0.274 e. The molecule has 1 aliphatic heterocycles. The third kappa shape index (κ3) is 5.96. The van der Waals surface area contributed by atoms with Crippen LogP contribution in [0, 0.1) is 0 Å². The summed E-state index contributed by atoms with van der Waals surface area (Å²) in [6, 6.07) is 7.44. The fourth-order valence-corrected chi connectivity index (χ4v) is 3.88. The van der Waals surface area contributed by atoms with E-state index in [2.05, 4.69) is 4.72 Å². The van der Waals surface area contributed by atoms with Crippen molar-refractivity contribution < 1.29 is 27.4 Å². The van der Waals surface area contributed by atoms with Gasteiger partial charge in [-0.25, -0.2) is 13.1 Å². The van der Waals surface area contributed by atoms with E-state index in [1.165, 1.54) is 0 Å². The summed E-state index contributed by atoms with van der Waals surface area (Å²) in [5.41, 5.74) is 0.967. The number of nitrogens with one attached hydrogen (secondary N) is 1. The Labute approximate surface area is 155 Å². The molecule has 2 unspecified atom stereocenters. The summed E-state index contributed by atoms with van der Waals surface area (Å²) in [7, 11) is -3.84. The van der Waals surface area contributed by atoms with Crippen molar-refractivity contribution in [3.63, 3.8) is 0 Å². The zero-order valence-corrected chi connectivity index (χ0v) is 16.3. The SMILES string of the molecule is CCC(Oc1ccccc1C(C)C)C(=O)NS(=O)(=O)CC1COCCO1. The topological polar surface area (TPSA) is 90.9 Å². The van der Waals surface area contributed by atoms with Crippen molar-refractivity contribution in [1.29, 1.82) is 0 Å². The quantitative estimate of drug-likeness (QED) is 0.734. The minimum Gasteiger partial charge on any atom is -0.480 e. The molecule has 1 N–H and O–H groups in total. The van der Waals surface area contributed by atoms with Crippen molar-refractivity contribution in [2.24, 2.45) is 0 Å². The Bertz CT molecular complexity index is 697. The summed E-state index contributed by atoms with van der Waals surface area (Å²) in [6.45, 7) is 6.82. The molecule has 1 heterocycles. The third-order valence-electron chi connectivity index (χ3n) is 4.02. The lowest BCUT2D eigenvalue weighted by Gasteiger charge is -2.24. The first-order valence-corrected chi connectivity index (χ1v) is 10.5. The highest BCUT2D eigenvalue weighted by molar-refractivity contribution is 7.90. The summed E-state index contributed by atoms with van der Waals surface area (Å²) in [6.07, 6.45) is -1.12. The molecule has 0 aromatic heterocycles. The van der Waals surface area contributed by atoms with E-state index in [1.807, 2.05) is 32.0 Å². The van der Waals surface area contributed by atoms with Gasteiger partial charge >= 0.3 is 0 Å². The van der Waals surface area contributed by atoms with Crippen molar-refractivity contribution >= 4 is 15.9 Å². The zero-order valence-electron chi connectivity index (χ0n) is 15.4. The number of ether oxygens (including phenoxy) is 3. The number of benzene rings is 1. The second-order valence-corrected chi connectivity index (χ2v) is 8.29. The number of hydrogen-bond donors (Lipinski definition) is 1. The number of carbonyl (C=O) groups is 1. The maximum absolute atomic E-state index is 12.4. The van der Waals surface area contributed by atoms with Gasteiger partial charge in [-0.05, 0) is 24.0 Å². The maximum atomic E-state index is 12.4. The minimum absolute atomic E-state index is 0.199. The molecule has 1 saturated heterocycles. The lowest BCUT2D eigenvalue weighted by Crippen LogP contribution is -2.45. The molecule has 0 spiro atoms. The smallest absolute Gasteiger partial charge is 0.274 e. The Kier molecular flexibility index (Phi) is 7.43. The summed E-state index contributed by atoms with van der Waals surface area (Å²) in [5, 5.41) is 0. The third-order valence-corrected chi connectivity index (χ3v) is 5.34. The first-order chi connectivity index (χ1) is 12.3. The molecule has 0 saturated carbocycles. The number of rotatable bonds is 8. The molecule has 8 heteroatoms. The van der Waals surface area contributed by atoms with Crippen molar-refractivity contribution in [1.82, 2.24) is 4.72 Å². The van der Waals surface area contributed by atoms with E-state index in [-0.39, 0.29) is 18.3 Å². The normalized spacial score (nSPS) is 19.2. The van der Waals surface area contributed by atoms with Crippen LogP contribution in [-0.2, 0) is 24.3 Å². The molecule has 1 amide bonds. The van der Waals surface area contributed by atoms with Crippen LogP contribution in [-0.4, -0.2) is 52.1 Å². The lowest BCUT2D eigenvalue weighted by atomic mass is 10.0. The van der Waals surface area contributed by atoms with Crippen molar-refractivity contribution in [2.75, 3.05) is 25.6 Å². The molecule has 26 heavy (non-hydrogen) atoms. The fraction of sp³-hybridized carbons (Fsp3) is 0.611. The summed E-state index contributed by atoms with van der Waals surface area (Å²) in [5.74, 6) is -0.190. The summed E-state index contributed by atoms with van der Waals surface area (Å²) in [4.78, 5) is 12.4. The van der Waals surface area contributed by atoms with E-state index in [0.717, 1.165) is 5.56 Å². The van der Waals surface area contributed by atoms with Crippen LogP contribution in [0.1, 0.15) is 38.7 Å². The van der Waals surface area contributed by atoms with E-state index < -0.39 is 28.1 Å². The number of hydrogen-bond acceptors (Lipinski definition) is 6. The van der Waals surface area contributed by atoms with Gasteiger partial charge in [0.25, 0.3) is 5.91 Å². The minimum atomic E-state index is -3.84. The summed E-state index contributed by atoms with van der Waals surface area (Å²) >= 11 is 0. The molecule has 0 radical (unpaired) electrons. The van der Waals surface area contributed by atoms with Crippen LogP contribution < -0.4 is 9.46 Å². The second kappa shape index (κ2) is 9.34. The highest BCUT2D eigenvalue weighted by atomic mass is 32.2. The molecule has 0 aliphatic carbocycles. The van der Waals surface area contributed by atoms with Crippen molar-refractivity contribution in [3.05, 3.63) is 29.8 Å². The monoisotopic (exact) mass is 385 g/mol. The molecule has 1 aromatic carbocycles. The standard InChI is InChI=1S/C18H27NO6S/c1-4-16(25-17-8-6-5-7-15(17)13(2)3)18(20)19-26(21,22)12-14-11-23-9-10-24-14/h5-8,13-14,16H,4,9-12H2,1-3H3,(H,19,20). The van der Waals surface area contributed by atoms with E-state index in [9.17, 15) is 13.2 Å². The van der Waals surface area contributed by atoms with Gasteiger partial charge in [-0.1, -0.05) is 39.0 Å². The van der Waals surface area contributed by atoms with Crippen LogP contribution in [0.25, 0.3) is 0 Å². The fourth-order valence-electron chi connectivity index (χ4n) is 2.68. The Morgan fingerprint density at radius 3 is 2.65 bits per heavy atom. The average Bonchev–Trinajstić information content (AvgIpc) is 2.59. The molecule has 1 aromatic rings. The van der Waals surface area contributed by atoms with Crippen molar-refractivity contribution in [3.8, 4) is 5.75 Å². The van der Waals surface area contributed by atoms with Gasteiger partial charge in [0.05, 0.1) is 31.7 Å². The molecule has 146 valence electrons. The lowest BCUT2D eigenvalue weighted by molar-refractivity contribution is -0.126. The Morgan fingerprint density at radius 2 is 2.04 bits per heavy atom. The van der Waals surface area contributed by atoms with E-state index in [0.29, 0.717) is 25.4 Å². The predicted octanol–water partition coefficient (Wildman–Crippen LogP) is 1.83. The van der Waals surface area contributed by atoms with Gasteiger partial charge in [0.15, 0.2) is 6.10 Å². The molecule has 1 aliphatic rings. The van der Waals surface area contributed by atoms with Gasteiger partial charge in [0.1, 0.15) is 5.75 Å². The average molecular weight is 385 g/mol. The molecule has 2 atom stereocenters. The molecule has 7 nitrogen and oxygen atoms in total. The number of sulfonamides is 1. The first kappa shape index (κ1) is 20.7. The van der Waals surface area contributed by atoms with Crippen LogP contribution in [0.5, 0.6) is 5.75 Å². The first-order valence-electron chi connectivity index (χ1n) is 8.81. The molecule has 1 fully saturated rings. The Hall–Kier alpha value is -1.64. The molecular formula is C18H27NO6S. The van der Waals surface area contributed by atoms with Gasteiger partial charge in [-0.2, -0.15) is 0 Å². The number of carbonyl (C=O) groups excluding carboxylic acids is 1.